The summed E-state index contributed by atoms with van der Waals surface area (Å²) in [6, 6.07) is 9.74. The first-order valence-electron chi connectivity index (χ1n) is 9.46. The zero-order valence-electron chi connectivity index (χ0n) is 15.4. The summed E-state index contributed by atoms with van der Waals surface area (Å²) in [5.41, 5.74) is 1.04. The molecule has 3 unspecified atom stereocenters. The maximum Gasteiger partial charge on any atom is 0.225 e. The van der Waals surface area contributed by atoms with Crippen molar-refractivity contribution in [1.82, 2.24) is 15.5 Å². The van der Waals surface area contributed by atoms with Gasteiger partial charge < -0.3 is 15.5 Å². The van der Waals surface area contributed by atoms with Crippen LogP contribution in [0.15, 0.2) is 30.3 Å². The molecule has 26 heavy (non-hydrogen) atoms. The Morgan fingerprint density at radius 2 is 2.04 bits per heavy atom. The number of benzene rings is 1. The molecule has 3 rings (SSSR count). The van der Waals surface area contributed by atoms with E-state index in [0.717, 1.165) is 31.6 Å². The van der Waals surface area contributed by atoms with Crippen LogP contribution in [0.1, 0.15) is 43.7 Å². The summed E-state index contributed by atoms with van der Waals surface area (Å²) in [5.74, 6) is 0.687. The molecule has 0 aliphatic carbocycles. The summed E-state index contributed by atoms with van der Waals surface area (Å²) in [4.78, 5) is 26.7. The Bertz CT molecular complexity index is 590. The molecule has 5 nitrogen and oxygen atoms in total. The molecule has 1 aromatic rings. The average Bonchev–Trinajstić information content (AvgIpc) is 2.65. The van der Waals surface area contributed by atoms with Crippen LogP contribution >= 0.6 is 12.4 Å². The fourth-order valence-electron chi connectivity index (χ4n) is 4.12. The van der Waals surface area contributed by atoms with Crippen LogP contribution in [0.4, 0.5) is 0 Å². The summed E-state index contributed by atoms with van der Waals surface area (Å²) in [6.45, 7) is 2.90. The van der Waals surface area contributed by atoms with Crippen molar-refractivity contribution >= 4 is 24.2 Å². The first-order valence-corrected chi connectivity index (χ1v) is 9.46. The van der Waals surface area contributed by atoms with Crippen molar-refractivity contribution in [3.05, 3.63) is 35.9 Å². The molecule has 6 heteroatoms. The molecule has 2 fully saturated rings. The first-order chi connectivity index (χ1) is 12.2. The molecule has 0 saturated carbocycles. The summed E-state index contributed by atoms with van der Waals surface area (Å²) in [7, 11) is 1.81. The first kappa shape index (κ1) is 20.7. The van der Waals surface area contributed by atoms with Gasteiger partial charge in [0.05, 0.1) is 12.0 Å². The summed E-state index contributed by atoms with van der Waals surface area (Å²) in [5, 5.41) is 6.55. The second-order valence-corrected chi connectivity index (χ2v) is 7.30. The van der Waals surface area contributed by atoms with E-state index < -0.39 is 0 Å². The Morgan fingerprint density at radius 3 is 2.73 bits per heavy atom. The Labute approximate surface area is 162 Å². The number of rotatable bonds is 5. The third-order valence-corrected chi connectivity index (χ3v) is 5.59. The van der Waals surface area contributed by atoms with Crippen LogP contribution < -0.4 is 10.6 Å². The van der Waals surface area contributed by atoms with E-state index in [1.54, 1.807) is 4.90 Å². The lowest BCUT2D eigenvalue weighted by atomic mass is 9.84. The van der Waals surface area contributed by atoms with Gasteiger partial charge in [-0.1, -0.05) is 30.3 Å². The van der Waals surface area contributed by atoms with Gasteiger partial charge in [0, 0.05) is 20.0 Å². The minimum atomic E-state index is -0.172. The monoisotopic (exact) mass is 379 g/mol. The van der Waals surface area contributed by atoms with Crippen molar-refractivity contribution in [2.75, 3.05) is 26.7 Å². The van der Waals surface area contributed by atoms with Gasteiger partial charge in [0.15, 0.2) is 0 Å². The lowest BCUT2D eigenvalue weighted by Gasteiger charge is -2.38. The molecule has 3 atom stereocenters. The SMILES string of the molecule is CN1C(=O)CCC(C(=O)NCCC2CCCNC2)C1c1ccccc1.Cl. The molecule has 2 aliphatic rings. The van der Waals surface area contributed by atoms with E-state index in [-0.39, 0.29) is 36.2 Å². The van der Waals surface area contributed by atoms with Crippen LogP contribution in [0.2, 0.25) is 0 Å². The zero-order valence-corrected chi connectivity index (χ0v) is 16.3. The van der Waals surface area contributed by atoms with Crippen LogP contribution in [-0.2, 0) is 9.59 Å². The molecule has 144 valence electrons. The molecule has 2 saturated heterocycles. The molecule has 0 radical (unpaired) electrons. The van der Waals surface area contributed by atoms with Crippen LogP contribution in [0.5, 0.6) is 0 Å². The van der Waals surface area contributed by atoms with Crippen LogP contribution in [0, 0.1) is 11.8 Å². The summed E-state index contributed by atoms with van der Waals surface area (Å²) in [6.07, 6.45) is 4.57. The third kappa shape index (κ3) is 4.98. The standard InChI is InChI=1S/C20H29N3O2.ClH/c1-23-18(24)10-9-17(19(23)16-7-3-2-4-8-16)20(25)22-13-11-15-6-5-12-21-14-15;/h2-4,7-8,15,17,19,21H,5-6,9-14H2,1H3,(H,22,25);1H. The number of amides is 2. The number of nitrogens with one attached hydrogen (secondary N) is 2. The Balaban J connectivity index is 0.00000243. The molecular formula is C20H30ClN3O2. The largest absolute Gasteiger partial charge is 0.356 e. The molecule has 2 aliphatic heterocycles. The number of carbonyl (C=O) groups excluding carboxylic acids is 2. The Kier molecular flexibility index (Phi) is 7.91. The Hall–Kier alpha value is -1.59. The third-order valence-electron chi connectivity index (χ3n) is 5.59. The molecule has 0 bridgehead atoms. The van der Waals surface area contributed by atoms with Crippen molar-refractivity contribution in [3.63, 3.8) is 0 Å². The molecule has 0 aromatic heterocycles. The topological polar surface area (TPSA) is 61.4 Å². The van der Waals surface area contributed by atoms with Gasteiger partial charge in [0.2, 0.25) is 11.8 Å². The van der Waals surface area contributed by atoms with E-state index in [2.05, 4.69) is 10.6 Å². The van der Waals surface area contributed by atoms with E-state index in [9.17, 15) is 9.59 Å². The van der Waals surface area contributed by atoms with E-state index in [1.807, 2.05) is 37.4 Å². The van der Waals surface area contributed by atoms with Gasteiger partial charge in [-0.2, -0.15) is 0 Å². The van der Waals surface area contributed by atoms with Gasteiger partial charge in [-0.25, -0.2) is 0 Å². The lowest BCUT2D eigenvalue weighted by molar-refractivity contribution is -0.141. The maximum absolute atomic E-state index is 12.8. The van der Waals surface area contributed by atoms with Gasteiger partial charge in [-0.3, -0.25) is 9.59 Å². The smallest absolute Gasteiger partial charge is 0.225 e. The fraction of sp³-hybridized carbons (Fsp3) is 0.600. The maximum atomic E-state index is 12.8. The molecule has 1 aromatic carbocycles. The number of nitrogens with zero attached hydrogens (tertiary/aromatic N) is 1. The highest BCUT2D eigenvalue weighted by atomic mass is 35.5. The number of hydrogen-bond acceptors (Lipinski definition) is 3. The summed E-state index contributed by atoms with van der Waals surface area (Å²) < 4.78 is 0. The number of piperidine rings is 2. The minimum Gasteiger partial charge on any atom is -0.356 e. The molecule has 2 amide bonds. The molecule has 0 spiro atoms. The predicted octanol–water partition coefficient (Wildman–Crippen LogP) is 2.52. The van der Waals surface area contributed by atoms with Crippen molar-refractivity contribution < 1.29 is 9.59 Å². The number of likely N-dealkylation sites (tertiary alicyclic amines) is 1. The number of halogens is 1. The van der Waals surface area contributed by atoms with E-state index in [0.29, 0.717) is 18.8 Å². The van der Waals surface area contributed by atoms with Crippen LogP contribution in [-0.4, -0.2) is 43.4 Å². The van der Waals surface area contributed by atoms with E-state index >= 15 is 0 Å². The average molecular weight is 380 g/mol. The normalized spacial score (nSPS) is 26.1. The van der Waals surface area contributed by atoms with E-state index in [1.165, 1.54) is 12.8 Å². The van der Waals surface area contributed by atoms with Crippen molar-refractivity contribution in [2.45, 2.75) is 38.1 Å². The second-order valence-electron chi connectivity index (χ2n) is 7.30. The predicted molar refractivity (Wildman–Crippen MR) is 105 cm³/mol. The van der Waals surface area contributed by atoms with Crippen LogP contribution in [0.3, 0.4) is 0 Å². The zero-order chi connectivity index (χ0) is 17.6. The molecular weight excluding hydrogens is 350 g/mol. The van der Waals surface area contributed by atoms with Gasteiger partial charge in [-0.05, 0) is 50.3 Å². The van der Waals surface area contributed by atoms with Gasteiger partial charge in [0.25, 0.3) is 0 Å². The number of carbonyl (C=O) groups is 2. The van der Waals surface area contributed by atoms with Crippen molar-refractivity contribution in [3.8, 4) is 0 Å². The number of hydrogen-bond donors (Lipinski definition) is 2. The lowest BCUT2D eigenvalue weighted by Crippen LogP contribution is -2.46. The highest BCUT2D eigenvalue weighted by molar-refractivity contribution is 5.85. The van der Waals surface area contributed by atoms with Gasteiger partial charge in [-0.15, -0.1) is 12.4 Å². The van der Waals surface area contributed by atoms with E-state index in [4.69, 9.17) is 0 Å². The second kappa shape index (κ2) is 9.93. The van der Waals surface area contributed by atoms with Crippen molar-refractivity contribution in [1.29, 1.82) is 0 Å². The fourth-order valence-corrected chi connectivity index (χ4v) is 4.12. The highest BCUT2D eigenvalue weighted by Crippen LogP contribution is 2.35. The minimum absolute atomic E-state index is 0. The van der Waals surface area contributed by atoms with Crippen molar-refractivity contribution in [2.24, 2.45) is 11.8 Å². The van der Waals surface area contributed by atoms with Gasteiger partial charge in [0.1, 0.15) is 0 Å². The molecule has 2 N–H and O–H groups in total. The highest BCUT2D eigenvalue weighted by Gasteiger charge is 2.38. The Morgan fingerprint density at radius 1 is 1.27 bits per heavy atom. The summed E-state index contributed by atoms with van der Waals surface area (Å²) >= 11 is 0. The molecule has 2 heterocycles. The quantitative estimate of drug-likeness (QED) is 0.826. The van der Waals surface area contributed by atoms with Gasteiger partial charge >= 0.3 is 0 Å². The van der Waals surface area contributed by atoms with Crippen LogP contribution in [0.25, 0.3) is 0 Å².